The van der Waals surface area contributed by atoms with Gasteiger partial charge in [0.15, 0.2) is 0 Å². The van der Waals surface area contributed by atoms with Crippen LogP contribution < -0.4 is 0 Å². The van der Waals surface area contributed by atoms with E-state index in [9.17, 15) is 5.11 Å². The number of thioether (sulfide) groups is 1. The van der Waals surface area contributed by atoms with Crippen molar-refractivity contribution in [3.63, 3.8) is 0 Å². The first kappa shape index (κ1) is 15.0. The summed E-state index contributed by atoms with van der Waals surface area (Å²) in [5.74, 6) is 1.38. The van der Waals surface area contributed by atoms with Gasteiger partial charge < -0.3 is 5.11 Å². The van der Waals surface area contributed by atoms with Crippen LogP contribution in [0.25, 0.3) is 0 Å². The minimum absolute atomic E-state index is 0.414. The molecule has 0 aliphatic carbocycles. The Morgan fingerprint density at radius 3 is 2.05 bits per heavy atom. The molecule has 2 aromatic carbocycles. The summed E-state index contributed by atoms with van der Waals surface area (Å²) in [6.45, 7) is 10.5. The average Bonchev–Trinajstić information content (AvgIpc) is 2.41. The predicted octanol–water partition coefficient (Wildman–Crippen LogP) is 5.23. The van der Waals surface area contributed by atoms with Gasteiger partial charge in [-0.2, -0.15) is 0 Å². The maximum absolute atomic E-state index is 9.82. The average molecular weight is 286 g/mol. The second-order valence-corrected chi connectivity index (χ2v) is 6.53. The van der Waals surface area contributed by atoms with Crippen molar-refractivity contribution in [2.75, 3.05) is 0 Å². The smallest absolute Gasteiger partial charge is 0.121 e. The number of aromatic hydroxyl groups is 1. The Morgan fingerprint density at radius 1 is 0.850 bits per heavy atom. The normalized spacial score (nSPS) is 10.8. The Bertz CT molecular complexity index is 621. The van der Waals surface area contributed by atoms with E-state index in [4.69, 9.17) is 0 Å². The molecule has 0 unspecified atom stereocenters. The van der Waals surface area contributed by atoms with E-state index < -0.39 is 0 Å². The summed E-state index contributed by atoms with van der Waals surface area (Å²) in [4.78, 5) is 1.22. The minimum atomic E-state index is 0.414. The molecule has 20 heavy (non-hydrogen) atoms. The summed E-state index contributed by atoms with van der Waals surface area (Å²) in [7, 11) is 0. The molecule has 0 aromatic heterocycles. The molecule has 0 spiro atoms. The van der Waals surface area contributed by atoms with Crippen molar-refractivity contribution in [2.45, 2.75) is 45.3 Å². The van der Waals surface area contributed by atoms with Gasteiger partial charge in [-0.15, -0.1) is 11.8 Å². The first-order chi connectivity index (χ1) is 9.40. The van der Waals surface area contributed by atoms with E-state index in [0.717, 1.165) is 16.9 Å². The van der Waals surface area contributed by atoms with Gasteiger partial charge in [-0.05, 0) is 80.1 Å². The molecule has 0 fully saturated rings. The molecular formula is C18H22OS. The van der Waals surface area contributed by atoms with E-state index >= 15 is 0 Å². The molecule has 106 valence electrons. The van der Waals surface area contributed by atoms with Crippen molar-refractivity contribution < 1.29 is 5.11 Å². The van der Waals surface area contributed by atoms with Crippen LogP contribution >= 0.6 is 11.8 Å². The molecule has 0 radical (unpaired) electrons. The third-order valence-electron chi connectivity index (χ3n) is 4.03. The fraction of sp³-hybridized carbons (Fsp3) is 0.333. The van der Waals surface area contributed by atoms with Crippen molar-refractivity contribution in [1.82, 2.24) is 0 Å². The minimum Gasteiger partial charge on any atom is -0.507 e. The number of hydrogen-bond acceptors (Lipinski definition) is 2. The second kappa shape index (κ2) is 5.92. The van der Waals surface area contributed by atoms with E-state index in [2.05, 4.69) is 45.0 Å². The molecular weight excluding hydrogens is 264 g/mol. The van der Waals surface area contributed by atoms with Crippen LogP contribution in [-0.4, -0.2) is 5.11 Å². The molecule has 2 aromatic rings. The predicted molar refractivity (Wildman–Crippen MR) is 87.8 cm³/mol. The summed E-state index contributed by atoms with van der Waals surface area (Å²) < 4.78 is 0. The largest absolute Gasteiger partial charge is 0.507 e. The molecule has 0 bridgehead atoms. The van der Waals surface area contributed by atoms with Crippen LogP contribution in [0.2, 0.25) is 0 Å². The van der Waals surface area contributed by atoms with Gasteiger partial charge in [0.2, 0.25) is 0 Å². The first-order valence-corrected chi connectivity index (χ1v) is 7.87. The highest BCUT2D eigenvalue weighted by molar-refractivity contribution is 7.98. The highest BCUT2D eigenvalue weighted by Crippen LogP contribution is 2.31. The van der Waals surface area contributed by atoms with E-state index in [1.54, 1.807) is 0 Å². The lowest BCUT2D eigenvalue weighted by molar-refractivity contribution is 0.466. The van der Waals surface area contributed by atoms with Crippen LogP contribution in [0.1, 0.15) is 33.4 Å². The van der Waals surface area contributed by atoms with Crippen molar-refractivity contribution >= 4 is 11.8 Å². The number of aryl methyl sites for hydroxylation is 3. The van der Waals surface area contributed by atoms with Gasteiger partial charge in [0.05, 0.1) is 0 Å². The standard InChI is InChI=1S/C18H22OS/c1-11-6-7-16(15(5)14(11)4)10-20-17-8-12(2)18(19)13(3)9-17/h6-9,19H,10H2,1-5H3. The van der Waals surface area contributed by atoms with Crippen LogP contribution in [0, 0.1) is 34.6 Å². The molecule has 0 atom stereocenters. The van der Waals surface area contributed by atoms with Crippen LogP contribution in [0.4, 0.5) is 0 Å². The zero-order valence-corrected chi connectivity index (χ0v) is 13.7. The zero-order valence-electron chi connectivity index (χ0n) is 12.9. The topological polar surface area (TPSA) is 20.2 Å². The summed E-state index contributed by atoms with van der Waals surface area (Å²) >= 11 is 1.83. The van der Waals surface area contributed by atoms with E-state index in [-0.39, 0.29) is 0 Å². The van der Waals surface area contributed by atoms with Crippen molar-refractivity contribution in [2.24, 2.45) is 0 Å². The molecule has 0 saturated heterocycles. The lowest BCUT2D eigenvalue weighted by Crippen LogP contribution is -1.93. The van der Waals surface area contributed by atoms with E-state index in [1.165, 1.54) is 27.1 Å². The van der Waals surface area contributed by atoms with Crippen molar-refractivity contribution in [1.29, 1.82) is 0 Å². The lowest BCUT2D eigenvalue weighted by Gasteiger charge is -2.12. The van der Waals surface area contributed by atoms with Crippen molar-refractivity contribution in [3.05, 3.63) is 57.6 Å². The third kappa shape index (κ3) is 3.01. The fourth-order valence-electron chi connectivity index (χ4n) is 2.33. The quantitative estimate of drug-likeness (QED) is 0.780. The second-order valence-electron chi connectivity index (χ2n) is 5.49. The summed E-state index contributed by atoms with van der Waals surface area (Å²) in [6, 6.07) is 8.54. The highest BCUT2D eigenvalue weighted by Gasteiger charge is 2.07. The number of benzene rings is 2. The SMILES string of the molecule is Cc1ccc(CSc2cc(C)c(O)c(C)c2)c(C)c1C. The van der Waals surface area contributed by atoms with Crippen molar-refractivity contribution in [3.8, 4) is 5.75 Å². The number of rotatable bonds is 3. The maximum atomic E-state index is 9.82. The molecule has 2 rings (SSSR count). The van der Waals surface area contributed by atoms with Crippen LogP contribution in [-0.2, 0) is 5.75 Å². The van der Waals surface area contributed by atoms with Gasteiger partial charge in [-0.1, -0.05) is 12.1 Å². The fourth-order valence-corrected chi connectivity index (χ4v) is 3.48. The monoisotopic (exact) mass is 286 g/mol. The number of phenolic OH excluding ortho intramolecular Hbond substituents is 1. The van der Waals surface area contributed by atoms with E-state index in [0.29, 0.717) is 5.75 Å². The van der Waals surface area contributed by atoms with Gasteiger partial charge in [-0.3, -0.25) is 0 Å². The van der Waals surface area contributed by atoms with Crippen LogP contribution in [0.15, 0.2) is 29.2 Å². The van der Waals surface area contributed by atoms with E-state index in [1.807, 2.05) is 25.6 Å². The molecule has 1 nitrogen and oxygen atoms in total. The number of phenols is 1. The Kier molecular flexibility index (Phi) is 4.44. The molecule has 0 aliphatic heterocycles. The van der Waals surface area contributed by atoms with Gasteiger partial charge in [0.1, 0.15) is 5.75 Å². The Labute approximate surface area is 126 Å². The summed E-state index contributed by atoms with van der Waals surface area (Å²) in [6.07, 6.45) is 0. The Morgan fingerprint density at radius 2 is 1.45 bits per heavy atom. The van der Waals surface area contributed by atoms with Gasteiger partial charge in [0.25, 0.3) is 0 Å². The first-order valence-electron chi connectivity index (χ1n) is 6.89. The molecule has 0 aliphatic rings. The third-order valence-corrected chi connectivity index (χ3v) is 5.05. The Balaban J connectivity index is 2.19. The highest BCUT2D eigenvalue weighted by atomic mass is 32.2. The zero-order chi connectivity index (χ0) is 14.9. The molecule has 0 saturated carbocycles. The summed E-state index contributed by atoms with van der Waals surface area (Å²) in [5.41, 5.74) is 7.42. The molecule has 0 amide bonds. The molecule has 0 heterocycles. The van der Waals surface area contributed by atoms with Gasteiger partial charge >= 0.3 is 0 Å². The van der Waals surface area contributed by atoms with Gasteiger partial charge in [0, 0.05) is 10.6 Å². The van der Waals surface area contributed by atoms with Crippen LogP contribution in [0.3, 0.4) is 0 Å². The van der Waals surface area contributed by atoms with Crippen LogP contribution in [0.5, 0.6) is 5.75 Å². The molecule has 1 N–H and O–H groups in total. The molecule has 2 heteroatoms. The lowest BCUT2D eigenvalue weighted by atomic mass is 10.00. The summed E-state index contributed by atoms with van der Waals surface area (Å²) in [5, 5.41) is 9.82. The van der Waals surface area contributed by atoms with Gasteiger partial charge in [-0.25, -0.2) is 0 Å². The Hall–Kier alpha value is -1.41. The number of hydrogen-bond donors (Lipinski definition) is 1. The maximum Gasteiger partial charge on any atom is 0.121 e.